The summed E-state index contributed by atoms with van der Waals surface area (Å²) in [6, 6.07) is 0.685. The van der Waals surface area contributed by atoms with E-state index in [2.05, 4.69) is 22.9 Å². The molecule has 0 saturated carbocycles. The van der Waals surface area contributed by atoms with Crippen LogP contribution in [0.25, 0.3) is 0 Å². The van der Waals surface area contributed by atoms with Gasteiger partial charge in [0.15, 0.2) is 0 Å². The molecule has 0 spiro atoms. The Bertz CT molecular complexity index is 285. The number of hydrogen-bond acceptors (Lipinski definition) is 3. The molecule has 0 amide bonds. The topological polar surface area (TPSA) is 24.8 Å². The van der Waals surface area contributed by atoms with Gasteiger partial charge in [0.1, 0.15) is 0 Å². The van der Waals surface area contributed by atoms with E-state index in [-0.39, 0.29) is 0 Å². The molecule has 3 nitrogen and oxygen atoms in total. The van der Waals surface area contributed by atoms with Gasteiger partial charge in [-0.05, 0) is 50.8 Å². The van der Waals surface area contributed by atoms with Crippen molar-refractivity contribution >= 4 is 6.21 Å². The number of aliphatic imine (C=N–C) groups is 1. The Morgan fingerprint density at radius 2 is 2.06 bits per heavy atom. The van der Waals surface area contributed by atoms with E-state index in [1.54, 1.807) is 0 Å². The second kappa shape index (κ2) is 6.31. The fourth-order valence-electron chi connectivity index (χ4n) is 2.97. The number of piperidine rings is 1. The highest BCUT2D eigenvalue weighted by molar-refractivity contribution is 5.78. The molecule has 2 aliphatic heterocycles. The van der Waals surface area contributed by atoms with Gasteiger partial charge in [0.25, 0.3) is 0 Å². The Labute approximate surface area is 105 Å². The molecular weight excluding hydrogens is 212 g/mol. The zero-order chi connectivity index (χ0) is 12.1. The van der Waals surface area contributed by atoms with Crippen LogP contribution >= 0.6 is 0 Å². The van der Waals surface area contributed by atoms with E-state index in [9.17, 15) is 0 Å². The van der Waals surface area contributed by atoms with Gasteiger partial charge in [-0.1, -0.05) is 6.08 Å². The van der Waals surface area contributed by atoms with Gasteiger partial charge in [0.2, 0.25) is 0 Å². The van der Waals surface area contributed by atoms with Gasteiger partial charge in [-0.25, -0.2) is 0 Å². The molecule has 0 aliphatic carbocycles. The Balaban J connectivity index is 1.84. The van der Waals surface area contributed by atoms with E-state index in [1.807, 2.05) is 13.3 Å². The highest BCUT2D eigenvalue weighted by Crippen LogP contribution is 2.26. The molecule has 2 heterocycles. The predicted molar refractivity (Wildman–Crippen MR) is 71.7 cm³/mol. The molecule has 1 unspecified atom stereocenters. The summed E-state index contributed by atoms with van der Waals surface area (Å²) in [5.41, 5.74) is 1.41. The Kier molecular flexibility index (Phi) is 4.75. The van der Waals surface area contributed by atoms with Gasteiger partial charge >= 0.3 is 0 Å². The first-order valence-electron chi connectivity index (χ1n) is 6.75. The van der Waals surface area contributed by atoms with Crippen LogP contribution in [-0.4, -0.2) is 50.5 Å². The minimum atomic E-state index is 0.685. The monoisotopic (exact) mass is 236 g/mol. The van der Waals surface area contributed by atoms with Crippen molar-refractivity contribution in [3.63, 3.8) is 0 Å². The smallest absolute Gasteiger partial charge is 0.0622 e. The van der Waals surface area contributed by atoms with Crippen LogP contribution in [0.5, 0.6) is 0 Å². The summed E-state index contributed by atoms with van der Waals surface area (Å²) in [5.74, 6) is 0.710. The van der Waals surface area contributed by atoms with E-state index in [1.165, 1.54) is 37.9 Å². The maximum Gasteiger partial charge on any atom is 0.0622 e. The Morgan fingerprint density at radius 3 is 2.59 bits per heavy atom. The largest absolute Gasteiger partial charge is 0.380 e. The third-order valence-electron chi connectivity index (χ3n) is 4.03. The highest BCUT2D eigenvalue weighted by Gasteiger charge is 2.28. The van der Waals surface area contributed by atoms with Crippen molar-refractivity contribution in [1.82, 2.24) is 4.90 Å². The summed E-state index contributed by atoms with van der Waals surface area (Å²) in [7, 11) is 1.86. The van der Waals surface area contributed by atoms with Crippen LogP contribution < -0.4 is 0 Å². The SMILES string of the molecule is C/C=C(\C=NC)C1CCN(C2CCOC2)CC1. The van der Waals surface area contributed by atoms with Crippen molar-refractivity contribution in [3.05, 3.63) is 11.6 Å². The van der Waals surface area contributed by atoms with Crippen LogP contribution in [0.1, 0.15) is 26.2 Å². The number of ether oxygens (including phenoxy) is 1. The van der Waals surface area contributed by atoms with Gasteiger partial charge in [-0.15, -0.1) is 0 Å². The van der Waals surface area contributed by atoms with Crippen molar-refractivity contribution in [1.29, 1.82) is 0 Å². The van der Waals surface area contributed by atoms with Crippen LogP contribution in [0.15, 0.2) is 16.6 Å². The van der Waals surface area contributed by atoms with E-state index in [0.717, 1.165) is 13.2 Å². The predicted octanol–water partition coefficient (Wildman–Crippen LogP) is 2.13. The Hall–Kier alpha value is -0.670. The molecule has 2 rings (SSSR count). The molecule has 0 N–H and O–H groups in total. The van der Waals surface area contributed by atoms with Crippen LogP contribution in [0.3, 0.4) is 0 Å². The minimum Gasteiger partial charge on any atom is -0.380 e. The molecule has 0 aromatic rings. The number of hydrogen-bond donors (Lipinski definition) is 0. The maximum atomic E-state index is 5.47. The normalized spacial score (nSPS) is 29.3. The average molecular weight is 236 g/mol. The fourth-order valence-corrected chi connectivity index (χ4v) is 2.97. The molecule has 0 radical (unpaired) electrons. The van der Waals surface area contributed by atoms with Gasteiger partial charge in [-0.3, -0.25) is 9.89 Å². The lowest BCUT2D eigenvalue weighted by molar-refractivity contribution is 0.117. The summed E-state index contributed by atoms with van der Waals surface area (Å²) < 4.78 is 5.47. The standard InChI is InChI=1S/C14H24N2O/c1-3-12(10-15-2)13-4-7-16(8-5-13)14-6-9-17-11-14/h3,10,13-14H,4-9,11H2,1-2H3/b12-3+,15-10?. The number of likely N-dealkylation sites (tertiary alicyclic amines) is 1. The maximum absolute atomic E-state index is 5.47. The summed E-state index contributed by atoms with van der Waals surface area (Å²) in [5, 5.41) is 0. The number of allylic oxidation sites excluding steroid dienone is 2. The Morgan fingerprint density at radius 1 is 1.29 bits per heavy atom. The second-order valence-corrected chi connectivity index (χ2v) is 5.00. The second-order valence-electron chi connectivity index (χ2n) is 5.00. The quantitative estimate of drug-likeness (QED) is 0.701. The summed E-state index contributed by atoms with van der Waals surface area (Å²) in [6.07, 6.45) is 7.99. The average Bonchev–Trinajstić information content (AvgIpc) is 2.90. The molecule has 0 aromatic carbocycles. The van der Waals surface area contributed by atoms with E-state index in [4.69, 9.17) is 4.74 Å². The van der Waals surface area contributed by atoms with Gasteiger partial charge in [-0.2, -0.15) is 0 Å². The van der Waals surface area contributed by atoms with Crippen molar-refractivity contribution in [2.75, 3.05) is 33.4 Å². The lowest BCUT2D eigenvalue weighted by atomic mass is 9.89. The number of nitrogens with zero attached hydrogens (tertiary/aromatic N) is 2. The van der Waals surface area contributed by atoms with Gasteiger partial charge in [0.05, 0.1) is 6.61 Å². The molecule has 3 heteroatoms. The summed E-state index contributed by atoms with van der Waals surface area (Å²) in [4.78, 5) is 6.76. The molecule has 2 saturated heterocycles. The molecule has 17 heavy (non-hydrogen) atoms. The summed E-state index contributed by atoms with van der Waals surface area (Å²) in [6.45, 7) is 6.44. The molecular formula is C14H24N2O. The lowest BCUT2D eigenvalue weighted by Crippen LogP contribution is -2.42. The zero-order valence-corrected chi connectivity index (χ0v) is 11.1. The molecule has 2 fully saturated rings. The van der Waals surface area contributed by atoms with Crippen LogP contribution in [0.4, 0.5) is 0 Å². The first-order valence-corrected chi connectivity index (χ1v) is 6.75. The molecule has 0 aromatic heterocycles. The third-order valence-corrected chi connectivity index (χ3v) is 4.03. The van der Waals surface area contributed by atoms with Crippen LogP contribution in [0, 0.1) is 5.92 Å². The number of rotatable bonds is 3. The van der Waals surface area contributed by atoms with E-state index < -0.39 is 0 Å². The van der Waals surface area contributed by atoms with Gasteiger partial charge in [0, 0.05) is 25.9 Å². The molecule has 2 aliphatic rings. The van der Waals surface area contributed by atoms with Gasteiger partial charge < -0.3 is 4.74 Å². The van der Waals surface area contributed by atoms with Crippen LogP contribution in [0.2, 0.25) is 0 Å². The zero-order valence-electron chi connectivity index (χ0n) is 11.1. The first kappa shape index (κ1) is 12.8. The molecule has 0 bridgehead atoms. The molecule has 1 atom stereocenters. The molecule has 96 valence electrons. The summed E-state index contributed by atoms with van der Waals surface area (Å²) >= 11 is 0. The van der Waals surface area contributed by atoms with E-state index >= 15 is 0 Å². The van der Waals surface area contributed by atoms with Crippen molar-refractivity contribution in [2.45, 2.75) is 32.2 Å². The minimum absolute atomic E-state index is 0.685. The van der Waals surface area contributed by atoms with Crippen LogP contribution in [-0.2, 0) is 4.74 Å². The van der Waals surface area contributed by atoms with E-state index in [0.29, 0.717) is 12.0 Å². The van der Waals surface area contributed by atoms with Crippen molar-refractivity contribution < 1.29 is 4.74 Å². The lowest BCUT2D eigenvalue weighted by Gasteiger charge is -2.35. The van der Waals surface area contributed by atoms with Crippen molar-refractivity contribution in [2.24, 2.45) is 10.9 Å². The highest BCUT2D eigenvalue weighted by atomic mass is 16.5. The third kappa shape index (κ3) is 3.17. The van der Waals surface area contributed by atoms with Crippen molar-refractivity contribution in [3.8, 4) is 0 Å². The fraction of sp³-hybridized carbons (Fsp3) is 0.786. The first-order chi connectivity index (χ1) is 8.35.